The van der Waals surface area contributed by atoms with Gasteiger partial charge < -0.3 is 9.47 Å². The number of nitrogens with zero attached hydrogens (tertiary/aromatic N) is 2. The Morgan fingerprint density at radius 2 is 0.753 bits per heavy atom. The average molecular weight is 981 g/mol. The molecule has 0 saturated heterocycles. The molecular formula is C75H52N2. The number of hydrogen-bond donors (Lipinski definition) is 0. The molecule has 0 amide bonds. The van der Waals surface area contributed by atoms with Crippen molar-refractivity contribution in [3.8, 4) is 61.3 Å². The summed E-state index contributed by atoms with van der Waals surface area (Å²) < 4.78 is 2.48. The van der Waals surface area contributed by atoms with Gasteiger partial charge in [-0.1, -0.05) is 220 Å². The molecule has 0 N–H and O–H groups in total. The number of hydrogen-bond acceptors (Lipinski definition) is 1. The van der Waals surface area contributed by atoms with Crippen molar-refractivity contribution in [1.82, 2.24) is 4.57 Å². The minimum absolute atomic E-state index is 0.207. The Morgan fingerprint density at radius 1 is 0.286 bits per heavy atom. The van der Waals surface area contributed by atoms with Crippen molar-refractivity contribution in [1.29, 1.82) is 0 Å². The summed E-state index contributed by atoms with van der Waals surface area (Å²) in [7, 11) is 0. The van der Waals surface area contributed by atoms with Gasteiger partial charge in [0, 0.05) is 44.4 Å². The standard InChI is InChI=1S/C75H52N2/c1-75(2)70-35-18-16-31-62(70)63-42-41-57(46-71(63)75)76(56-39-37-51(38-40-56)54-44-52(49-21-6-3-7-22-49)43-53(45-54)50-23-8-4-9-24-50)73-48-68-61-30-15-13-28-59(61)58-27-12-14-29-60(58)67(68)47-69(73)66-34-20-33-65-64-32-17-19-36-72(64)77(74(65)66)55-25-10-5-11-26-55/h3-48H,1-2H3. The Balaban J connectivity index is 1.03. The van der Waals surface area contributed by atoms with Gasteiger partial charge >= 0.3 is 0 Å². The van der Waals surface area contributed by atoms with Crippen LogP contribution >= 0.6 is 0 Å². The van der Waals surface area contributed by atoms with Crippen LogP contribution in [0.15, 0.2) is 279 Å². The number of benzene rings is 13. The van der Waals surface area contributed by atoms with Crippen LogP contribution in [0.4, 0.5) is 17.1 Å². The first-order chi connectivity index (χ1) is 38.0. The highest BCUT2D eigenvalue weighted by Crippen LogP contribution is 2.53. The van der Waals surface area contributed by atoms with Crippen molar-refractivity contribution in [2.75, 3.05) is 4.90 Å². The Bertz CT molecular complexity index is 4570. The molecule has 0 atom stereocenters. The molecule has 2 nitrogen and oxygen atoms in total. The van der Waals surface area contributed by atoms with E-state index in [2.05, 4.69) is 302 Å². The molecule has 0 fully saturated rings. The number of para-hydroxylation sites is 3. The molecule has 2 heteroatoms. The van der Waals surface area contributed by atoms with Gasteiger partial charge in [-0.2, -0.15) is 0 Å². The summed E-state index contributed by atoms with van der Waals surface area (Å²) >= 11 is 0. The molecule has 1 heterocycles. The Labute approximate surface area is 449 Å². The molecule has 362 valence electrons. The maximum Gasteiger partial charge on any atom is 0.0620 e. The maximum absolute atomic E-state index is 2.55. The number of aromatic nitrogens is 1. The van der Waals surface area contributed by atoms with Crippen molar-refractivity contribution in [2.24, 2.45) is 0 Å². The SMILES string of the molecule is CC1(C)c2ccccc2-c2ccc(N(c3ccc(-c4cc(-c5ccccc5)cc(-c5ccccc5)c4)cc3)c3cc4c5ccccc5c5ccccc5c4cc3-c3cccc4c5ccccc5n(-c5ccccc5)c34)cc21. The van der Waals surface area contributed by atoms with Crippen molar-refractivity contribution < 1.29 is 0 Å². The second-order valence-corrected chi connectivity index (χ2v) is 21.2. The van der Waals surface area contributed by atoms with Crippen molar-refractivity contribution >= 4 is 71.2 Å². The minimum Gasteiger partial charge on any atom is -0.310 e. The predicted molar refractivity (Wildman–Crippen MR) is 327 cm³/mol. The number of rotatable bonds is 8. The summed E-state index contributed by atoms with van der Waals surface area (Å²) in [6.07, 6.45) is 0. The highest BCUT2D eigenvalue weighted by Gasteiger charge is 2.36. The molecule has 0 bridgehead atoms. The van der Waals surface area contributed by atoms with Crippen molar-refractivity contribution in [3.05, 3.63) is 290 Å². The summed E-state index contributed by atoms with van der Waals surface area (Å²) in [6, 6.07) is 104. The van der Waals surface area contributed by atoms with E-state index in [0.717, 1.165) is 33.9 Å². The molecule has 77 heavy (non-hydrogen) atoms. The molecule has 0 aliphatic heterocycles. The van der Waals surface area contributed by atoms with E-state index in [1.165, 1.54) is 110 Å². The summed E-state index contributed by atoms with van der Waals surface area (Å²) in [6.45, 7) is 4.77. The Kier molecular flexibility index (Phi) is 10.3. The zero-order valence-electron chi connectivity index (χ0n) is 43.0. The summed E-state index contributed by atoms with van der Waals surface area (Å²) in [5.74, 6) is 0. The van der Waals surface area contributed by atoms with E-state index < -0.39 is 0 Å². The fourth-order valence-electron chi connectivity index (χ4n) is 12.9. The van der Waals surface area contributed by atoms with Gasteiger partial charge in [0.15, 0.2) is 0 Å². The van der Waals surface area contributed by atoms with Gasteiger partial charge in [-0.05, 0) is 161 Å². The van der Waals surface area contributed by atoms with Gasteiger partial charge in [0.25, 0.3) is 0 Å². The molecule has 13 aromatic carbocycles. The Morgan fingerprint density at radius 3 is 1.39 bits per heavy atom. The maximum atomic E-state index is 2.55. The zero-order valence-corrected chi connectivity index (χ0v) is 43.0. The lowest BCUT2D eigenvalue weighted by molar-refractivity contribution is 0.660. The smallest absolute Gasteiger partial charge is 0.0620 e. The van der Waals surface area contributed by atoms with E-state index in [4.69, 9.17) is 0 Å². The molecule has 0 saturated carbocycles. The number of fused-ring (bicyclic) bond motifs is 12. The zero-order chi connectivity index (χ0) is 51.2. The second-order valence-electron chi connectivity index (χ2n) is 21.2. The molecule has 0 unspecified atom stereocenters. The highest BCUT2D eigenvalue weighted by atomic mass is 15.1. The molecular weight excluding hydrogens is 929 g/mol. The van der Waals surface area contributed by atoms with Crippen LogP contribution in [0.3, 0.4) is 0 Å². The average Bonchev–Trinajstić information content (AvgIpc) is 4.01. The number of anilines is 3. The second kappa shape index (κ2) is 17.7. The van der Waals surface area contributed by atoms with Crippen molar-refractivity contribution in [3.63, 3.8) is 0 Å². The molecule has 0 radical (unpaired) electrons. The predicted octanol–water partition coefficient (Wildman–Crippen LogP) is 20.7. The fraction of sp³-hybridized carbons (Fsp3) is 0.0400. The lowest BCUT2D eigenvalue weighted by Gasteiger charge is -2.31. The van der Waals surface area contributed by atoms with E-state index >= 15 is 0 Å². The molecule has 1 aliphatic rings. The third-order valence-corrected chi connectivity index (χ3v) is 16.5. The van der Waals surface area contributed by atoms with E-state index in [9.17, 15) is 0 Å². The van der Waals surface area contributed by atoms with Gasteiger partial charge in [0.1, 0.15) is 0 Å². The van der Waals surface area contributed by atoms with E-state index in [1.54, 1.807) is 0 Å². The van der Waals surface area contributed by atoms with Crippen molar-refractivity contribution in [2.45, 2.75) is 19.3 Å². The first kappa shape index (κ1) is 44.7. The molecule has 15 rings (SSSR count). The van der Waals surface area contributed by atoms with Gasteiger partial charge in [0.2, 0.25) is 0 Å². The van der Waals surface area contributed by atoms with Gasteiger partial charge in [-0.25, -0.2) is 0 Å². The summed E-state index contributed by atoms with van der Waals surface area (Å²) in [4.78, 5) is 2.55. The van der Waals surface area contributed by atoms with Gasteiger partial charge in [-0.3, -0.25) is 0 Å². The molecule has 14 aromatic rings. The van der Waals surface area contributed by atoms with Gasteiger partial charge in [-0.15, -0.1) is 0 Å². The van der Waals surface area contributed by atoms with Crippen LogP contribution in [-0.4, -0.2) is 4.57 Å². The minimum atomic E-state index is -0.207. The van der Waals surface area contributed by atoms with Crippen LogP contribution in [0.5, 0.6) is 0 Å². The van der Waals surface area contributed by atoms with Crippen LogP contribution < -0.4 is 4.90 Å². The summed E-state index contributed by atoms with van der Waals surface area (Å²) in [5.41, 5.74) is 21.3. The van der Waals surface area contributed by atoms with E-state index in [1.807, 2.05) is 0 Å². The first-order valence-corrected chi connectivity index (χ1v) is 26.8. The normalized spacial score (nSPS) is 12.6. The summed E-state index contributed by atoms with van der Waals surface area (Å²) in [5, 5.41) is 9.88. The van der Waals surface area contributed by atoms with Crippen LogP contribution in [0.1, 0.15) is 25.0 Å². The molecule has 0 spiro atoms. The first-order valence-electron chi connectivity index (χ1n) is 26.8. The van der Waals surface area contributed by atoms with Crippen LogP contribution in [-0.2, 0) is 5.41 Å². The monoisotopic (exact) mass is 980 g/mol. The van der Waals surface area contributed by atoms with Crippen LogP contribution in [0.25, 0.3) is 115 Å². The third kappa shape index (κ3) is 7.17. The van der Waals surface area contributed by atoms with Gasteiger partial charge in [0.05, 0.1) is 16.7 Å². The molecule has 1 aromatic heterocycles. The quantitative estimate of drug-likeness (QED) is 0.138. The third-order valence-electron chi connectivity index (χ3n) is 16.5. The van der Waals surface area contributed by atoms with E-state index in [-0.39, 0.29) is 5.41 Å². The topological polar surface area (TPSA) is 8.17 Å². The largest absolute Gasteiger partial charge is 0.310 e. The van der Waals surface area contributed by atoms with E-state index in [0.29, 0.717) is 0 Å². The fourth-order valence-corrected chi connectivity index (χ4v) is 12.9. The lowest BCUT2D eigenvalue weighted by Crippen LogP contribution is -2.17. The molecule has 1 aliphatic carbocycles. The van der Waals surface area contributed by atoms with Crippen LogP contribution in [0.2, 0.25) is 0 Å². The highest BCUT2D eigenvalue weighted by molar-refractivity contribution is 6.27. The lowest BCUT2D eigenvalue weighted by atomic mass is 9.82. The van der Waals surface area contributed by atoms with Crippen LogP contribution in [0, 0.1) is 0 Å². The Hall–Kier alpha value is -9.76.